The van der Waals surface area contributed by atoms with Crippen LogP contribution in [-0.4, -0.2) is 33.9 Å². The lowest BCUT2D eigenvalue weighted by Gasteiger charge is -2.16. The van der Waals surface area contributed by atoms with E-state index in [9.17, 15) is 9.59 Å². The topological polar surface area (TPSA) is 73.2 Å². The summed E-state index contributed by atoms with van der Waals surface area (Å²) >= 11 is 4.64. The molecule has 1 saturated heterocycles. The molecule has 1 aromatic heterocycles. The fourth-order valence-corrected chi connectivity index (χ4v) is 4.34. The van der Waals surface area contributed by atoms with Gasteiger partial charge in [0.2, 0.25) is 5.91 Å². The predicted molar refractivity (Wildman–Crippen MR) is 118 cm³/mol. The molecule has 1 aliphatic rings. The summed E-state index contributed by atoms with van der Waals surface area (Å²) in [6, 6.07) is 14.7. The zero-order chi connectivity index (χ0) is 20.2. The lowest BCUT2D eigenvalue weighted by molar-refractivity contribution is -0.113. The Balaban J connectivity index is 1.55. The van der Waals surface area contributed by atoms with Crippen LogP contribution in [0.5, 0.6) is 0 Å². The Kier molecular flexibility index (Phi) is 6.32. The van der Waals surface area contributed by atoms with Gasteiger partial charge in [0.1, 0.15) is 0 Å². The van der Waals surface area contributed by atoms with E-state index in [0.717, 1.165) is 29.6 Å². The number of aromatic nitrogens is 2. The van der Waals surface area contributed by atoms with Gasteiger partial charge in [-0.3, -0.25) is 14.2 Å². The highest BCUT2D eigenvalue weighted by atomic mass is 79.9. The summed E-state index contributed by atoms with van der Waals surface area (Å²) in [4.78, 5) is 30.1. The highest BCUT2D eigenvalue weighted by Gasteiger charge is 2.20. The Bertz CT molecular complexity index is 1080. The summed E-state index contributed by atoms with van der Waals surface area (Å²) in [6.07, 6.45) is 1.93. The van der Waals surface area contributed by atoms with Gasteiger partial charge in [0.15, 0.2) is 5.16 Å². The molecule has 29 heavy (non-hydrogen) atoms. The molecule has 2 aromatic carbocycles. The van der Waals surface area contributed by atoms with Crippen molar-refractivity contribution in [1.82, 2.24) is 9.55 Å². The largest absolute Gasteiger partial charge is 0.376 e. The van der Waals surface area contributed by atoms with Crippen molar-refractivity contribution in [3.8, 4) is 0 Å². The number of nitrogens with one attached hydrogen (secondary N) is 1. The van der Waals surface area contributed by atoms with Gasteiger partial charge in [-0.2, -0.15) is 0 Å². The van der Waals surface area contributed by atoms with Crippen LogP contribution < -0.4 is 10.9 Å². The van der Waals surface area contributed by atoms with Crippen molar-refractivity contribution >= 4 is 50.2 Å². The molecule has 1 atom stereocenters. The quantitative estimate of drug-likeness (QED) is 0.431. The van der Waals surface area contributed by atoms with Crippen molar-refractivity contribution in [2.45, 2.75) is 30.6 Å². The Morgan fingerprint density at radius 1 is 1.24 bits per heavy atom. The number of thioether (sulfide) groups is 1. The molecular weight excluding hydrogens is 454 g/mol. The number of para-hydroxylation sites is 1. The Morgan fingerprint density at radius 2 is 2.03 bits per heavy atom. The summed E-state index contributed by atoms with van der Waals surface area (Å²) in [5.41, 5.74) is 1.26. The summed E-state index contributed by atoms with van der Waals surface area (Å²) in [5.74, 6) is 0.00946. The molecule has 0 saturated carbocycles. The van der Waals surface area contributed by atoms with Gasteiger partial charge in [0, 0.05) is 16.8 Å². The molecule has 1 N–H and O–H groups in total. The molecule has 150 valence electrons. The molecule has 4 rings (SSSR count). The van der Waals surface area contributed by atoms with Gasteiger partial charge in [-0.05, 0) is 49.2 Å². The Morgan fingerprint density at radius 3 is 2.79 bits per heavy atom. The minimum absolute atomic E-state index is 0.00612. The Hall–Kier alpha value is -2.16. The normalized spacial score (nSPS) is 16.2. The number of halogens is 1. The van der Waals surface area contributed by atoms with E-state index >= 15 is 0 Å². The van der Waals surface area contributed by atoms with E-state index in [4.69, 9.17) is 4.74 Å². The van der Waals surface area contributed by atoms with E-state index in [2.05, 4.69) is 26.2 Å². The van der Waals surface area contributed by atoms with E-state index < -0.39 is 0 Å². The highest BCUT2D eigenvalue weighted by molar-refractivity contribution is 9.10. The Labute approximate surface area is 180 Å². The van der Waals surface area contributed by atoms with Gasteiger partial charge in [0.05, 0.1) is 29.3 Å². The SMILES string of the molecule is O=C(CSc1nc2ccccc2c(=O)n1CC1CCCO1)Nc1ccc(Br)cc1. The third-order valence-corrected chi connectivity index (χ3v) is 6.20. The van der Waals surface area contributed by atoms with Crippen LogP contribution in [0.15, 0.2) is 63.0 Å². The molecule has 1 unspecified atom stereocenters. The minimum Gasteiger partial charge on any atom is -0.376 e. The van der Waals surface area contributed by atoms with E-state index in [0.29, 0.717) is 22.6 Å². The lowest BCUT2D eigenvalue weighted by Crippen LogP contribution is -2.29. The zero-order valence-corrected chi connectivity index (χ0v) is 18.0. The van der Waals surface area contributed by atoms with Crippen LogP contribution in [0, 0.1) is 0 Å². The number of anilines is 1. The number of fused-ring (bicyclic) bond motifs is 1. The monoisotopic (exact) mass is 473 g/mol. The molecule has 1 aliphatic heterocycles. The molecule has 3 aromatic rings. The molecule has 0 bridgehead atoms. The maximum Gasteiger partial charge on any atom is 0.262 e. The van der Waals surface area contributed by atoms with Gasteiger partial charge in [0.25, 0.3) is 5.56 Å². The van der Waals surface area contributed by atoms with Gasteiger partial charge in [-0.25, -0.2) is 4.98 Å². The second kappa shape index (κ2) is 9.11. The van der Waals surface area contributed by atoms with Crippen molar-refractivity contribution in [1.29, 1.82) is 0 Å². The van der Waals surface area contributed by atoms with Crippen LogP contribution in [0.2, 0.25) is 0 Å². The van der Waals surface area contributed by atoms with Gasteiger partial charge >= 0.3 is 0 Å². The maximum atomic E-state index is 13.1. The van der Waals surface area contributed by atoms with E-state index in [1.54, 1.807) is 10.6 Å². The van der Waals surface area contributed by atoms with Crippen molar-refractivity contribution in [3.63, 3.8) is 0 Å². The first-order valence-electron chi connectivity index (χ1n) is 9.39. The molecule has 0 radical (unpaired) electrons. The van der Waals surface area contributed by atoms with Crippen LogP contribution in [0.25, 0.3) is 10.9 Å². The summed E-state index contributed by atoms with van der Waals surface area (Å²) in [6.45, 7) is 1.17. The molecule has 8 heteroatoms. The number of ether oxygens (including phenoxy) is 1. The first-order chi connectivity index (χ1) is 14.1. The van der Waals surface area contributed by atoms with Crippen LogP contribution in [0.1, 0.15) is 12.8 Å². The number of benzene rings is 2. The molecule has 2 heterocycles. The highest BCUT2D eigenvalue weighted by Crippen LogP contribution is 2.21. The predicted octanol–water partition coefficient (Wildman–Crippen LogP) is 4.07. The smallest absolute Gasteiger partial charge is 0.262 e. The average molecular weight is 474 g/mol. The second-order valence-electron chi connectivity index (χ2n) is 6.81. The molecule has 0 aliphatic carbocycles. The van der Waals surface area contributed by atoms with Crippen molar-refractivity contribution < 1.29 is 9.53 Å². The first kappa shape index (κ1) is 20.1. The van der Waals surface area contributed by atoms with Crippen molar-refractivity contribution in [2.24, 2.45) is 0 Å². The molecule has 6 nitrogen and oxygen atoms in total. The first-order valence-corrected chi connectivity index (χ1v) is 11.2. The van der Waals surface area contributed by atoms with Gasteiger partial charge < -0.3 is 10.1 Å². The number of amides is 1. The van der Waals surface area contributed by atoms with E-state index in [1.807, 2.05) is 42.5 Å². The van der Waals surface area contributed by atoms with Crippen LogP contribution in [0.4, 0.5) is 5.69 Å². The molecular formula is C21H20BrN3O3S. The fourth-order valence-electron chi connectivity index (χ4n) is 3.27. The van der Waals surface area contributed by atoms with Crippen LogP contribution in [0.3, 0.4) is 0 Å². The van der Waals surface area contributed by atoms with Crippen molar-refractivity contribution in [3.05, 3.63) is 63.4 Å². The van der Waals surface area contributed by atoms with E-state index in [-0.39, 0.29) is 23.3 Å². The summed E-state index contributed by atoms with van der Waals surface area (Å²) < 4.78 is 8.31. The molecule has 0 spiro atoms. The third-order valence-electron chi connectivity index (χ3n) is 4.70. The van der Waals surface area contributed by atoms with Crippen LogP contribution >= 0.6 is 27.7 Å². The van der Waals surface area contributed by atoms with Gasteiger partial charge in [-0.15, -0.1) is 0 Å². The summed E-state index contributed by atoms with van der Waals surface area (Å²) in [5, 5.41) is 3.98. The fraction of sp³-hybridized carbons (Fsp3) is 0.286. The van der Waals surface area contributed by atoms with Gasteiger partial charge in [-0.1, -0.05) is 39.8 Å². The number of carbonyl (C=O) groups is 1. The zero-order valence-electron chi connectivity index (χ0n) is 15.6. The number of hydrogen-bond acceptors (Lipinski definition) is 5. The van der Waals surface area contributed by atoms with Crippen LogP contribution in [-0.2, 0) is 16.1 Å². The standard InChI is InChI=1S/C21H20BrN3O3S/c22-14-7-9-15(10-8-14)23-19(26)13-29-21-24-18-6-2-1-5-17(18)20(27)25(21)12-16-4-3-11-28-16/h1-2,5-10,16H,3-4,11-13H2,(H,23,26). The number of hydrogen-bond donors (Lipinski definition) is 1. The lowest BCUT2D eigenvalue weighted by atomic mass is 10.2. The number of nitrogens with zero attached hydrogens (tertiary/aromatic N) is 2. The summed E-state index contributed by atoms with van der Waals surface area (Å²) in [7, 11) is 0. The minimum atomic E-state index is -0.150. The van der Waals surface area contributed by atoms with E-state index in [1.165, 1.54) is 11.8 Å². The second-order valence-corrected chi connectivity index (χ2v) is 8.66. The average Bonchev–Trinajstić information content (AvgIpc) is 3.24. The number of rotatable bonds is 6. The maximum absolute atomic E-state index is 13.1. The molecule has 1 fully saturated rings. The number of carbonyl (C=O) groups excluding carboxylic acids is 1. The van der Waals surface area contributed by atoms with Crippen molar-refractivity contribution in [2.75, 3.05) is 17.7 Å². The molecule has 1 amide bonds. The third kappa shape index (κ3) is 4.88.